The Labute approximate surface area is 235 Å². The zero-order chi connectivity index (χ0) is 27.1. The van der Waals surface area contributed by atoms with Gasteiger partial charge in [0, 0.05) is 0 Å². The normalized spacial score (nSPS) is 37.1. The molecule has 0 N–H and O–H groups in total. The maximum absolute atomic E-state index is 5.51. The van der Waals surface area contributed by atoms with Crippen molar-refractivity contribution in [1.29, 1.82) is 0 Å². The molecular weight excluding hydrogens is 653 g/mol. The van der Waals surface area contributed by atoms with Gasteiger partial charge in [-0.2, -0.15) is 0 Å². The molecule has 6 aliphatic rings. The predicted molar refractivity (Wildman–Crippen MR) is 156 cm³/mol. The first kappa shape index (κ1) is 26.5. The molecule has 206 valence electrons. The van der Waals surface area contributed by atoms with Crippen molar-refractivity contribution in [3.05, 3.63) is 0 Å². The Morgan fingerprint density at radius 2 is 0.703 bits per heavy atom. The molecule has 3 saturated heterocycles. The van der Waals surface area contributed by atoms with Crippen LogP contribution in [0.4, 0.5) is 0 Å². The van der Waals surface area contributed by atoms with Gasteiger partial charge in [0.05, 0.1) is 0 Å². The van der Waals surface area contributed by atoms with E-state index >= 15 is 0 Å². The van der Waals surface area contributed by atoms with E-state index in [4.69, 9.17) is 15.0 Å². The second-order valence-electron chi connectivity index (χ2n) is 16.8. The monoisotopic (exact) mass is 704 g/mol. The minimum atomic E-state index is -3.03. The van der Waals surface area contributed by atoms with Crippen molar-refractivity contribution in [2.75, 3.05) is 0 Å². The third kappa shape index (κ3) is 4.05. The van der Waals surface area contributed by atoms with Crippen LogP contribution in [-0.2, 0) is 0 Å². The van der Waals surface area contributed by atoms with E-state index in [1.165, 1.54) is 56.0 Å². The van der Waals surface area contributed by atoms with Crippen molar-refractivity contribution >= 4 is 40.1 Å². The van der Waals surface area contributed by atoms with Gasteiger partial charge in [0.15, 0.2) is 0 Å². The van der Waals surface area contributed by atoms with E-state index in [2.05, 4.69) is 91.6 Å². The summed E-state index contributed by atoms with van der Waals surface area (Å²) in [7, 11) is 0. The molecule has 0 spiro atoms. The Kier molecular flexibility index (Phi) is 5.39. The SMILES string of the molecule is CC1(C)CC2CC(C)(C)[N]([Bi]([N]3C4=NC(C)(C)CC4CC3(C)C)[N]3C4=NC(C)(C)CC4CC3(C)C)C2=N1. The molecule has 6 aliphatic heterocycles. The fraction of sp³-hybridized carbons (Fsp3) is 0.900. The van der Waals surface area contributed by atoms with E-state index < -0.39 is 22.6 Å². The van der Waals surface area contributed by atoms with E-state index in [0.717, 1.165) is 0 Å². The van der Waals surface area contributed by atoms with Crippen molar-refractivity contribution < 1.29 is 0 Å². The summed E-state index contributed by atoms with van der Waals surface area (Å²) in [6.45, 7) is 29.1. The Hall–Kier alpha value is -0.707. The van der Waals surface area contributed by atoms with Gasteiger partial charge in [-0.1, -0.05) is 0 Å². The van der Waals surface area contributed by atoms with Crippen LogP contribution in [-0.4, -0.2) is 81.9 Å². The Morgan fingerprint density at radius 1 is 0.459 bits per heavy atom. The van der Waals surface area contributed by atoms with Gasteiger partial charge in [-0.05, 0) is 0 Å². The van der Waals surface area contributed by atoms with Gasteiger partial charge in [-0.15, -0.1) is 0 Å². The van der Waals surface area contributed by atoms with Crippen LogP contribution in [0.3, 0.4) is 0 Å². The van der Waals surface area contributed by atoms with E-state index in [0.29, 0.717) is 17.8 Å². The molecule has 6 nitrogen and oxygen atoms in total. The van der Waals surface area contributed by atoms with E-state index in [1.54, 1.807) is 0 Å². The summed E-state index contributed by atoms with van der Waals surface area (Å²) in [5, 5.41) is 0. The Morgan fingerprint density at radius 3 is 0.946 bits per heavy atom. The van der Waals surface area contributed by atoms with Crippen molar-refractivity contribution in [2.45, 2.75) is 155 Å². The van der Waals surface area contributed by atoms with Crippen molar-refractivity contribution in [3.63, 3.8) is 0 Å². The average Bonchev–Trinajstić information content (AvgIpc) is 3.37. The second-order valence-corrected chi connectivity index (χ2v) is 23.6. The molecule has 0 aromatic rings. The third-order valence-electron chi connectivity index (χ3n) is 9.73. The van der Waals surface area contributed by atoms with Crippen LogP contribution >= 0.6 is 0 Å². The molecule has 0 saturated carbocycles. The first-order valence-corrected chi connectivity index (χ1v) is 19.4. The summed E-state index contributed by atoms with van der Waals surface area (Å²) in [5.74, 6) is 5.99. The van der Waals surface area contributed by atoms with Crippen LogP contribution in [0.2, 0.25) is 0 Å². The molecule has 0 aromatic heterocycles. The molecule has 0 aliphatic carbocycles. The predicted octanol–water partition coefficient (Wildman–Crippen LogP) is 6.02. The topological polar surface area (TPSA) is 46.8 Å². The number of nitrogens with zero attached hydrogens (tertiary/aromatic N) is 6. The number of fused-ring (bicyclic) bond motifs is 3. The summed E-state index contributed by atoms with van der Waals surface area (Å²) in [6, 6.07) is 0. The second kappa shape index (κ2) is 7.52. The fourth-order valence-electron chi connectivity index (χ4n) is 8.84. The van der Waals surface area contributed by atoms with E-state index in [9.17, 15) is 0 Å². The maximum atomic E-state index is 5.51. The van der Waals surface area contributed by atoms with Crippen LogP contribution in [0.5, 0.6) is 0 Å². The van der Waals surface area contributed by atoms with E-state index in [1.807, 2.05) is 0 Å². The molecule has 6 heterocycles. The van der Waals surface area contributed by atoms with Crippen molar-refractivity contribution in [2.24, 2.45) is 32.7 Å². The summed E-state index contributed by atoms with van der Waals surface area (Å²) in [5.41, 5.74) is 0.416. The van der Waals surface area contributed by atoms with Gasteiger partial charge in [0.2, 0.25) is 0 Å². The van der Waals surface area contributed by atoms with Crippen LogP contribution in [0.1, 0.15) is 122 Å². The number of hydrogen-bond acceptors (Lipinski definition) is 6. The summed E-state index contributed by atoms with van der Waals surface area (Å²) in [4.78, 5) is 16.5. The van der Waals surface area contributed by atoms with Gasteiger partial charge < -0.3 is 0 Å². The molecule has 0 bridgehead atoms. The molecule has 0 amide bonds. The molecule has 3 atom stereocenters. The van der Waals surface area contributed by atoms with Crippen LogP contribution in [0, 0.1) is 17.8 Å². The molecule has 0 aromatic carbocycles. The molecule has 37 heavy (non-hydrogen) atoms. The molecule has 7 heteroatoms. The van der Waals surface area contributed by atoms with Gasteiger partial charge in [-0.3, -0.25) is 0 Å². The number of aliphatic imine (C=N–C) groups is 3. The van der Waals surface area contributed by atoms with Crippen LogP contribution in [0.25, 0.3) is 0 Å². The van der Waals surface area contributed by atoms with Gasteiger partial charge in [-0.25, -0.2) is 0 Å². The summed E-state index contributed by atoms with van der Waals surface area (Å²) < 4.78 is 8.87. The zero-order valence-electron chi connectivity index (χ0n) is 25.6. The molecule has 6 rings (SSSR count). The first-order chi connectivity index (χ1) is 16.7. The minimum absolute atomic E-state index is 0.0377. The third-order valence-corrected chi connectivity index (χ3v) is 22.6. The number of amidine groups is 3. The summed E-state index contributed by atoms with van der Waals surface area (Å²) >= 11 is -3.03. The first-order valence-electron chi connectivity index (χ1n) is 14.7. The fourth-order valence-corrected chi connectivity index (χ4v) is 22.1. The molecule has 3 unspecified atom stereocenters. The molecular formula is C30H51BiN6. The number of hydrogen-bond donors (Lipinski definition) is 0. The standard InChI is InChI=1S/3C10H17N2.Bi/c3*1-9(2)5-7-6-10(3,4)12-8(7)11-9;/h3*7H,5-6H2,1-4H3;/q3*-1;+3. The Bertz CT molecular complexity index is 971. The van der Waals surface area contributed by atoms with Crippen LogP contribution in [0.15, 0.2) is 15.0 Å². The van der Waals surface area contributed by atoms with E-state index in [-0.39, 0.29) is 33.2 Å². The summed E-state index contributed by atoms with van der Waals surface area (Å²) in [6.07, 6.45) is 7.19. The molecule has 0 radical (unpaired) electrons. The van der Waals surface area contributed by atoms with Crippen molar-refractivity contribution in [3.8, 4) is 0 Å². The molecule has 3 fully saturated rings. The zero-order valence-corrected chi connectivity index (χ0v) is 29.1. The van der Waals surface area contributed by atoms with Gasteiger partial charge in [0.1, 0.15) is 0 Å². The van der Waals surface area contributed by atoms with Gasteiger partial charge in [0.25, 0.3) is 0 Å². The quantitative estimate of drug-likeness (QED) is 0.338. The Balaban J connectivity index is 1.58. The van der Waals surface area contributed by atoms with Crippen LogP contribution < -0.4 is 0 Å². The van der Waals surface area contributed by atoms with Gasteiger partial charge >= 0.3 is 236 Å². The average molecular weight is 705 g/mol. The van der Waals surface area contributed by atoms with Crippen molar-refractivity contribution in [1.82, 2.24) is 8.53 Å². The number of rotatable bonds is 3.